The number of hydrogen-bond donors (Lipinski definition) is 0. The molecule has 1 aromatic rings. The molecule has 1 saturated heterocycles. The molecule has 4 nitrogen and oxygen atoms in total. The Bertz CT molecular complexity index is 402. The summed E-state index contributed by atoms with van der Waals surface area (Å²) in [6.45, 7) is 4.37. The van der Waals surface area contributed by atoms with Gasteiger partial charge >= 0.3 is 0 Å². The third kappa shape index (κ3) is 4.60. The first kappa shape index (κ1) is 15.0. The van der Waals surface area contributed by atoms with Crippen LogP contribution in [0.25, 0.3) is 0 Å². The summed E-state index contributed by atoms with van der Waals surface area (Å²) < 4.78 is 5.65. The van der Waals surface area contributed by atoms with E-state index < -0.39 is 0 Å². The summed E-state index contributed by atoms with van der Waals surface area (Å²) in [4.78, 5) is 18.2. The normalized spacial score (nSPS) is 18.8. The van der Waals surface area contributed by atoms with Crippen LogP contribution in [0, 0.1) is 0 Å². The zero-order chi connectivity index (χ0) is 14.2. The van der Waals surface area contributed by atoms with E-state index in [1.54, 1.807) is 12.4 Å². The molecule has 0 radical (unpaired) electrons. The Labute approximate surface area is 121 Å². The maximum Gasteiger partial charge on any atom is 0.225 e. The number of amides is 1. The number of carbonyl (C=O) groups excluding carboxylic acids is 1. The number of pyridine rings is 1. The van der Waals surface area contributed by atoms with E-state index in [9.17, 15) is 4.79 Å². The van der Waals surface area contributed by atoms with Crippen LogP contribution >= 0.6 is 0 Å². The Morgan fingerprint density at radius 3 is 2.85 bits per heavy atom. The number of carbonyl (C=O) groups is 1. The summed E-state index contributed by atoms with van der Waals surface area (Å²) in [6, 6.07) is 4.01. The van der Waals surface area contributed by atoms with Gasteiger partial charge in [0.2, 0.25) is 5.91 Å². The van der Waals surface area contributed by atoms with Crippen molar-refractivity contribution < 1.29 is 9.53 Å². The predicted molar refractivity (Wildman–Crippen MR) is 78.4 cm³/mol. The molecular formula is C16H24N2O2. The summed E-state index contributed by atoms with van der Waals surface area (Å²) in [5.74, 6) is 0.216. The Morgan fingerprint density at radius 1 is 1.40 bits per heavy atom. The van der Waals surface area contributed by atoms with Gasteiger partial charge in [0.25, 0.3) is 0 Å². The molecule has 2 rings (SSSR count). The summed E-state index contributed by atoms with van der Waals surface area (Å²) in [7, 11) is 0. The maximum absolute atomic E-state index is 12.3. The Balaban J connectivity index is 1.79. The lowest BCUT2D eigenvalue weighted by Gasteiger charge is -2.26. The monoisotopic (exact) mass is 276 g/mol. The van der Waals surface area contributed by atoms with Gasteiger partial charge in [0.15, 0.2) is 0 Å². The van der Waals surface area contributed by atoms with Crippen molar-refractivity contribution in [1.29, 1.82) is 0 Å². The number of aromatic nitrogens is 1. The topological polar surface area (TPSA) is 42.4 Å². The van der Waals surface area contributed by atoms with Gasteiger partial charge in [0.05, 0.1) is 12.5 Å². The molecule has 0 bridgehead atoms. The molecule has 0 spiro atoms. The highest BCUT2D eigenvalue weighted by Gasteiger charge is 2.20. The Morgan fingerprint density at radius 2 is 2.20 bits per heavy atom. The van der Waals surface area contributed by atoms with E-state index in [1.807, 2.05) is 24.0 Å². The van der Waals surface area contributed by atoms with Gasteiger partial charge < -0.3 is 9.64 Å². The van der Waals surface area contributed by atoms with Gasteiger partial charge in [-0.15, -0.1) is 0 Å². The fraction of sp³-hybridized carbons (Fsp3) is 0.625. The maximum atomic E-state index is 12.3. The Hall–Kier alpha value is -1.42. The number of ether oxygens (including phenoxy) is 1. The molecule has 1 aliphatic heterocycles. The fourth-order valence-corrected chi connectivity index (χ4v) is 2.56. The average Bonchev–Trinajstić information content (AvgIpc) is 2.50. The lowest BCUT2D eigenvalue weighted by atomic mass is 10.1. The lowest BCUT2D eigenvalue weighted by molar-refractivity contribution is -0.134. The van der Waals surface area contributed by atoms with Gasteiger partial charge in [-0.05, 0) is 50.3 Å². The average molecular weight is 276 g/mol. The largest absolute Gasteiger partial charge is 0.378 e. The summed E-state index contributed by atoms with van der Waals surface area (Å²) in [6.07, 6.45) is 8.47. The van der Waals surface area contributed by atoms with Gasteiger partial charge in [0, 0.05) is 32.1 Å². The van der Waals surface area contributed by atoms with Gasteiger partial charge in [-0.1, -0.05) is 0 Å². The highest BCUT2D eigenvalue weighted by atomic mass is 16.5. The highest BCUT2D eigenvalue weighted by molar-refractivity contribution is 5.76. The van der Waals surface area contributed by atoms with Crippen molar-refractivity contribution >= 4 is 5.91 Å². The molecule has 1 amide bonds. The van der Waals surface area contributed by atoms with E-state index in [0.717, 1.165) is 39.0 Å². The minimum atomic E-state index is 0.131. The van der Waals surface area contributed by atoms with Crippen molar-refractivity contribution in [1.82, 2.24) is 9.88 Å². The van der Waals surface area contributed by atoms with E-state index in [0.29, 0.717) is 6.42 Å². The van der Waals surface area contributed by atoms with Crippen molar-refractivity contribution in [3.63, 3.8) is 0 Å². The van der Waals surface area contributed by atoms with Gasteiger partial charge in [-0.25, -0.2) is 0 Å². The van der Waals surface area contributed by atoms with Crippen LogP contribution < -0.4 is 0 Å². The van der Waals surface area contributed by atoms with Crippen molar-refractivity contribution in [2.24, 2.45) is 0 Å². The van der Waals surface area contributed by atoms with Crippen molar-refractivity contribution in [3.05, 3.63) is 30.1 Å². The third-order valence-corrected chi connectivity index (χ3v) is 3.83. The molecule has 110 valence electrons. The molecule has 4 heteroatoms. The summed E-state index contributed by atoms with van der Waals surface area (Å²) in [5.41, 5.74) is 1.22. The second kappa shape index (κ2) is 8.00. The van der Waals surface area contributed by atoms with Crippen LogP contribution in [0.3, 0.4) is 0 Å². The molecule has 0 aliphatic carbocycles. The summed E-state index contributed by atoms with van der Waals surface area (Å²) >= 11 is 0. The van der Waals surface area contributed by atoms with Crippen LogP contribution in [0.1, 0.15) is 38.2 Å². The zero-order valence-corrected chi connectivity index (χ0v) is 12.3. The highest BCUT2D eigenvalue weighted by Crippen LogP contribution is 2.16. The molecule has 0 aromatic carbocycles. The van der Waals surface area contributed by atoms with Crippen LogP contribution in [-0.4, -0.2) is 41.6 Å². The van der Waals surface area contributed by atoms with Gasteiger partial charge in [-0.3, -0.25) is 9.78 Å². The smallest absolute Gasteiger partial charge is 0.225 e. The first-order valence-corrected chi connectivity index (χ1v) is 7.58. The van der Waals surface area contributed by atoms with Crippen LogP contribution in [0.4, 0.5) is 0 Å². The predicted octanol–water partition coefficient (Wildman–Crippen LogP) is 2.43. The van der Waals surface area contributed by atoms with E-state index in [4.69, 9.17) is 4.74 Å². The number of nitrogens with zero attached hydrogens (tertiary/aromatic N) is 2. The van der Waals surface area contributed by atoms with Crippen LogP contribution in [0.5, 0.6) is 0 Å². The molecule has 0 saturated carbocycles. The van der Waals surface area contributed by atoms with Crippen molar-refractivity contribution in [3.8, 4) is 0 Å². The Kier molecular flexibility index (Phi) is 5.99. The standard InChI is InChI=1S/C16H24N2O2/c1-2-18(11-8-14-6-9-17-10-7-14)16(19)13-15-5-3-4-12-20-15/h6-7,9-10,15H,2-5,8,11-13H2,1H3. The summed E-state index contributed by atoms with van der Waals surface area (Å²) in [5, 5.41) is 0. The van der Waals surface area contributed by atoms with E-state index in [2.05, 4.69) is 4.98 Å². The molecule has 0 N–H and O–H groups in total. The molecule has 1 unspecified atom stereocenters. The van der Waals surface area contributed by atoms with Crippen molar-refractivity contribution in [2.45, 2.75) is 45.1 Å². The van der Waals surface area contributed by atoms with Gasteiger partial charge in [0.1, 0.15) is 0 Å². The first-order chi connectivity index (χ1) is 9.79. The quantitative estimate of drug-likeness (QED) is 0.801. The molecule has 2 heterocycles. The molecular weight excluding hydrogens is 252 g/mol. The number of hydrogen-bond acceptors (Lipinski definition) is 3. The second-order valence-electron chi connectivity index (χ2n) is 5.27. The minimum Gasteiger partial charge on any atom is -0.378 e. The molecule has 20 heavy (non-hydrogen) atoms. The first-order valence-electron chi connectivity index (χ1n) is 7.58. The minimum absolute atomic E-state index is 0.131. The van der Waals surface area contributed by atoms with Crippen LogP contribution in [0.2, 0.25) is 0 Å². The molecule has 1 fully saturated rings. The van der Waals surface area contributed by atoms with Crippen LogP contribution in [-0.2, 0) is 16.0 Å². The lowest BCUT2D eigenvalue weighted by Crippen LogP contribution is -2.36. The van der Waals surface area contributed by atoms with E-state index in [-0.39, 0.29) is 12.0 Å². The molecule has 1 atom stereocenters. The molecule has 1 aliphatic rings. The fourth-order valence-electron chi connectivity index (χ4n) is 2.56. The number of likely N-dealkylation sites (N-methyl/N-ethyl adjacent to an activating group) is 1. The zero-order valence-electron chi connectivity index (χ0n) is 12.3. The number of rotatable bonds is 6. The SMILES string of the molecule is CCN(CCc1ccncc1)C(=O)CC1CCCCO1. The third-order valence-electron chi connectivity index (χ3n) is 3.83. The van der Waals surface area contributed by atoms with E-state index >= 15 is 0 Å². The van der Waals surface area contributed by atoms with Crippen LogP contribution in [0.15, 0.2) is 24.5 Å². The second-order valence-corrected chi connectivity index (χ2v) is 5.27. The van der Waals surface area contributed by atoms with E-state index in [1.165, 1.54) is 12.0 Å². The van der Waals surface area contributed by atoms with Gasteiger partial charge in [-0.2, -0.15) is 0 Å². The molecule has 1 aromatic heterocycles. The van der Waals surface area contributed by atoms with Crippen molar-refractivity contribution in [2.75, 3.05) is 19.7 Å².